The monoisotopic (exact) mass is 293 g/mol. The molecule has 1 atom stereocenters. The summed E-state index contributed by atoms with van der Waals surface area (Å²) >= 11 is 0. The number of benzene rings is 1. The molecule has 4 heteroatoms. The van der Waals surface area contributed by atoms with E-state index in [1.54, 1.807) is 6.07 Å². The number of methoxy groups -OCH3 is 1. The van der Waals surface area contributed by atoms with Crippen LogP contribution in [0.4, 0.5) is 4.39 Å². The number of nitrogens with zero attached hydrogens (tertiary/aromatic N) is 1. The first-order valence-corrected chi connectivity index (χ1v) is 7.40. The van der Waals surface area contributed by atoms with Crippen molar-refractivity contribution in [3.8, 4) is 0 Å². The second-order valence-corrected chi connectivity index (χ2v) is 6.89. The molecule has 0 aliphatic carbocycles. The summed E-state index contributed by atoms with van der Waals surface area (Å²) in [4.78, 5) is 13.7. The Kier molecular flexibility index (Phi) is 4.67. The maximum atomic E-state index is 13.9. The molecule has 0 amide bonds. The van der Waals surface area contributed by atoms with Crippen LogP contribution in [0.3, 0.4) is 0 Å². The molecule has 1 saturated heterocycles. The number of hydrogen-bond acceptors (Lipinski definition) is 3. The zero-order valence-electron chi connectivity index (χ0n) is 13.3. The maximum absolute atomic E-state index is 13.9. The van der Waals surface area contributed by atoms with Gasteiger partial charge in [-0.1, -0.05) is 26.8 Å². The Hall–Kier alpha value is -1.42. The number of ether oxygens (including phenoxy) is 1. The van der Waals surface area contributed by atoms with Crippen molar-refractivity contribution in [2.24, 2.45) is 11.3 Å². The number of carbonyl (C=O) groups is 1. The zero-order valence-corrected chi connectivity index (χ0v) is 13.3. The van der Waals surface area contributed by atoms with Crippen molar-refractivity contribution in [1.29, 1.82) is 0 Å². The van der Waals surface area contributed by atoms with Gasteiger partial charge in [0.2, 0.25) is 0 Å². The lowest BCUT2D eigenvalue weighted by Crippen LogP contribution is -2.25. The first-order chi connectivity index (χ1) is 9.81. The molecule has 3 nitrogen and oxygen atoms in total. The van der Waals surface area contributed by atoms with E-state index in [0.717, 1.165) is 25.2 Å². The van der Waals surface area contributed by atoms with Crippen molar-refractivity contribution < 1.29 is 13.9 Å². The lowest BCUT2D eigenvalue weighted by atomic mass is 9.80. The topological polar surface area (TPSA) is 29.5 Å². The summed E-state index contributed by atoms with van der Waals surface area (Å²) in [7, 11) is 1.26. The summed E-state index contributed by atoms with van der Waals surface area (Å²) in [5, 5.41) is 0. The van der Waals surface area contributed by atoms with Crippen LogP contribution in [-0.4, -0.2) is 31.1 Å². The fourth-order valence-electron chi connectivity index (χ4n) is 2.87. The van der Waals surface area contributed by atoms with Crippen LogP contribution in [0.2, 0.25) is 0 Å². The Morgan fingerprint density at radius 3 is 2.67 bits per heavy atom. The van der Waals surface area contributed by atoms with E-state index in [2.05, 4.69) is 30.4 Å². The van der Waals surface area contributed by atoms with Crippen LogP contribution in [0.1, 0.15) is 43.1 Å². The molecule has 21 heavy (non-hydrogen) atoms. The molecule has 1 aromatic rings. The Labute approximate surface area is 126 Å². The summed E-state index contributed by atoms with van der Waals surface area (Å²) in [6.07, 6.45) is 1.19. The summed E-state index contributed by atoms with van der Waals surface area (Å²) in [5.41, 5.74) is 1.21. The normalized spacial score (nSPS) is 19.8. The number of hydrogen-bond donors (Lipinski definition) is 0. The summed E-state index contributed by atoms with van der Waals surface area (Å²) in [6, 6.07) is 4.75. The van der Waals surface area contributed by atoms with E-state index in [1.807, 2.05) is 0 Å². The highest BCUT2D eigenvalue weighted by Crippen LogP contribution is 2.34. The average Bonchev–Trinajstić information content (AvgIpc) is 2.86. The number of esters is 1. The van der Waals surface area contributed by atoms with E-state index in [1.165, 1.54) is 25.7 Å². The van der Waals surface area contributed by atoms with Crippen molar-refractivity contribution in [3.05, 3.63) is 35.1 Å². The highest BCUT2D eigenvalue weighted by Gasteiger charge is 2.31. The Morgan fingerprint density at radius 1 is 1.43 bits per heavy atom. The molecular formula is C17H24FNO2. The van der Waals surface area contributed by atoms with Crippen molar-refractivity contribution >= 4 is 5.97 Å². The average molecular weight is 293 g/mol. The highest BCUT2D eigenvalue weighted by molar-refractivity contribution is 5.89. The molecule has 1 aromatic carbocycles. The van der Waals surface area contributed by atoms with Gasteiger partial charge in [0.15, 0.2) is 0 Å². The van der Waals surface area contributed by atoms with E-state index in [9.17, 15) is 9.18 Å². The van der Waals surface area contributed by atoms with Gasteiger partial charge in [-0.2, -0.15) is 0 Å². The van der Waals surface area contributed by atoms with E-state index in [0.29, 0.717) is 11.3 Å². The van der Waals surface area contributed by atoms with E-state index in [-0.39, 0.29) is 5.56 Å². The molecule has 0 N–H and O–H groups in total. The second-order valence-electron chi connectivity index (χ2n) is 6.89. The van der Waals surface area contributed by atoms with Crippen LogP contribution in [0.5, 0.6) is 0 Å². The number of likely N-dealkylation sites (tertiary alicyclic amines) is 1. The Balaban J connectivity index is 2.02. The Bertz CT molecular complexity index is 522. The largest absolute Gasteiger partial charge is 0.465 e. The van der Waals surface area contributed by atoms with Crippen LogP contribution in [-0.2, 0) is 11.3 Å². The molecule has 1 aliphatic rings. The maximum Gasteiger partial charge on any atom is 0.340 e. The fourth-order valence-corrected chi connectivity index (χ4v) is 2.87. The minimum Gasteiger partial charge on any atom is -0.465 e. The van der Waals surface area contributed by atoms with Gasteiger partial charge >= 0.3 is 5.97 Å². The van der Waals surface area contributed by atoms with Gasteiger partial charge in [-0.25, -0.2) is 9.18 Å². The quantitative estimate of drug-likeness (QED) is 0.799. The van der Waals surface area contributed by atoms with Crippen LogP contribution in [0, 0.1) is 17.2 Å². The molecule has 116 valence electrons. The lowest BCUT2D eigenvalue weighted by molar-refractivity contribution is 0.0595. The molecule has 1 fully saturated rings. The van der Waals surface area contributed by atoms with Gasteiger partial charge in [0.05, 0.1) is 12.7 Å². The summed E-state index contributed by atoms with van der Waals surface area (Å²) in [5.74, 6) is -0.462. The van der Waals surface area contributed by atoms with Crippen molar-refractivity contribution in [2.45, 2.75) is 33.7 Å². The van der Waals surface area contributed by atoms with E-state index >= 15 is 0 Å². The van der Waals surface area contributed by atoms with E-state index < -0.39 is 11.8 Å². The van der Waals surface area contributed by atoms with Crippen molar-refractivity contribution in [2.75, 3.05) is 20.2 Å². The highest BCUT2D eigenvalue weighted by atomic mass is 19.1. The second kappa shape index (κ2) is 6.14. The number of carbonyl (C=O) groups excluding carboxylic acids is 1. The smallest absolute Gasteiger partial charge is 0.340 e. The SMILES string of the molecule is COC(=O)c1ccc(CN2CCC(C(C)(C)C)C2)cc1F. The third-order valence-corrected chi connectivity index (χ3v) is 4.34. The van der Waals surface area contributed by atoms with E-state index in [4.69, 9.17) is 0 Å². The fraction of sp³-hybridized carbons (Fsp3) is 0.588. The summed E-state index contributed by atoms with van der Waals surface area (Å²) in [6.45, 7) is 9.63. The van der Waals surface area contributed by atoms with Crippen LogP contribution in [0.25, 0.3) is 0 Å². The zero-order chi connectivity index (χ0) is 15.6. The summed E-state index contributed by atoms with van der Waals surface area (Å²) < 4.78 is 18.5. The molecule has 1 aliphatic heterocycles. The van der Waals surface area contributed by atoms with Crippen molar-refractivity contribution in [1.82, 2.24) is 4.90 Å². The Morgan fingerprint density at radius 2 is 2.14 bits per heavy atom. The van der Waals surface area contributed by atoms with Crippen LogP contribution >= 0.6 is 0 Å². The van der Waals surface area contributed by atoms with Crippen LogP contribution in [0.15, 0.2) is 18.2 Å². The van der Waals surface area contributed by atoms with Crippen molar-refractivity contribution in [3.63, 3.8) is 0 Å². The minimum atomic E-state index is -0.631. The molecule has 0 spiro atoms. The third-order valence-electron chi connectivity index (χ3n) is 4.34. The lowest BCUT2D eigenvalue weighted by Gasteiger charge is -2.27. The number of halogens is 1. The molecular weight excluding hydrogens is 269 g/mol. The number of rotatable bonds is 3. The van der Waals surface area contributed by atoms with Crippen LogP contribution < -0.4 is 0 Å². The molecule has 0 saturated carbocycles. The molecule has 1 heterocycles. The van der Waals surface area contributed by atoms with Gasteiger partial charge in [0.25, 0.3) is 0 Å². The molecule has 0 bridgehead atoms. The van der Waals surface area contributed by atoms with Gasteiger partial charge in [-0.15, -0.1) is 0 Å². The van der Waals surface area contributed by atoms with Gasteiger partial charge < -0.3 is 4.74 Å². The first kappa shape index (κ1) is 16.0. The predicted octanol–water partition coefficient (Wildman–Crippen LogP) is 3.48. The standard InChI is InChI=1S/C17H24FNO2/c1-17(2,3)13-7-8-19(11-13)10-12-5-6-14(15(18)9-12)16(20)21-4/h5-6,9,13H,7-8,10-11H2,1-4H3. The van der Waals surface area contributed by atoms with Gasteiger partial charge in [0, 0.05) is 13.1 Å². The molecule has 1 unspecified atom stereocenters. The first-order valence-electron chi connectivity index (χ1n) is 7.40. The third kappa shape index (κ3) is 3.82. The molecule has 0 radical (unpaired) electrons. The van der Waals surface area contributed by atoms with Gasteiger partial charge in [-0.05, 0) is 42.0 Å². The van der Waals surface area contributed by atoms with Gasteiger partial charge in [-0.3, -0.25) is 4.90 Å². The minimum absolute atomic E-state index is 0.00441. The molecule has 0 aromatic heterocycles. The molecule has 2 rings (SSSR count). The predicted molar refractivity (Wildman–Crippen MR) is 80.6 cm³/mol. The van der Waals surface area contributed by atoms with Gasteiger partial charge in [0.1, 0.15) is 5.82 Å².